The zero-order valence-electron chi connectivity index (χ0n) is 16.4. The van der Waals surface area contributed by atoms with Crippen molar-refractivity contribution in [2.75, 3.05) is 26.7 Å². The van der Waals surface area contributed by atoms with Gasteiger partial charge in [0.2, 0.25) is 0 Å². The van der Waals surface area contributed by atoms with Crippen LogP contribution in [0, 0.1) is 11.3 Å². The zero-order valence-corrected chi connectivity index (χ0v) is 16.4. The van der Waals surface area contributed by atoms with E-state index < -0.39 is 0 Å². The summed E-state index contributed by atoms with van der Waals surface area (Å²) < 4.78 is 5.15. The number of benzene rings is 1. The van der Waals surface area contributed by atoms with Gasteiger partial charge in [-0.3, -0.25) is 9.69 Å². The van der Waals surface area contributed by atoms with E-state index in [-0.39, 0.29) is 11.4 Å². The molecule has 1 N–H and O–H groups in total. The van der Waals surface area contributed by atoms with Crippen LogP contribution in [0.2, 0.25) is 0 Å². The van der Waals surface area contributed by atoms with E-state index >= 15 is 0 Å². The van der Waals surface area contributed by atoms with E-state index in [0.717, 1.165) is 51.9 Å². The molecule has 0 radical (unpaired) electrons. The van der Waals surface area contributed by atoms with Gasteiger partial charge < -0.3 is 10.1 Å². The first-order valence-electron chi connectivity index (χ1n) is 10.2. The van der Waals surface area contributed by atoms with Crippen LogP contribution in [0.25, 0.3) is 0 Å². The fraction of sp³-hybridized carbons (Fsp3) is 0.682. The number of carbonyl (C=O) groups excluding carboxylic acids is 1. The Hall–Kier alpha value is -1.39. The number of methoxy groups -OCH3 is 1. The minimum absolute atomic E-state index is 0.0194. The molecule has 2 aliphatic rings. The average molecular weight is 359 g/mol. The van der Waals surface area contributed by atoms with Crippen molar-refractivity contribution in [3.63, 3.8) is 0 Å². The number of likely N-dealkylation sites (tertiary alicyclic amines) is 1. The Balaban J connectivity index is 1.50. The Bertz CT molecular complexity index is 569. The van der Waals surface area contributed by atoms with Crippen LogP contribution >= 0.6 is 0 Å². The van der Waals surface area contributed by atoms with Crippen molar-refractivity contribution < 1.29 is 9.53 Å². The van der Waals surface area contributed by atoms with Gasteiger partial charge in [-0.05, 0) is 44.2 Å². The molecular formula is C22H34N2O2. The minimum atomic E-state index is -0.302. The molecule has 2 unspecified atom stereocenters. The molecule has 3 rings (SSSR count). The summed E-state index contributed by atoms with van der Waals surface area (Å²) in [5.41, 5.74) is 1.09. The molecule has 0 spiro atoms. The van der Waals surface area contributed by atoms with Gasteiger partial charge in [0.1, 0.15) is 0 Å². The first kappa shape index (κ1) is 19.4. The second-order valence-corrected chi connectivity index (χ2v) is 8.27. The van der Waals surface area contributed by atoms with E-state index in [1.165, 1.54) is 25.5 Å². The van der Waals surface area contributed by atoms with Crippen molar-refractivity contribution in [3.8, 4) is 0 Å². The Labute approximate surface area is 158 Å². The molecule has 0 bridgehead atoms. The zero-order chi connectivity index (χ0) is 18.4. The first-order valence-corrected chi connectivity index (χ1v) is 10.2. The lowest BCUT2D eigenvalue weighted by Gasteiger charge is -2.36. The van der Waals surface area contributed by atoms with Crippen LogP contribution in [0.15, 0.2) is 30.3 Å². The molecule has 0 aromatic heterocycles. The monoisotopic (exact) mass is 358 g/mol. The Morgan fingerprint density at radius 2 is 2.00 bits per heavy atom. The number of nitrogens with one attached hydrogen (secondary N) is 1. The van der Waals surface area contributed by atoms with Gasteiger partial charge in [-0.25, -0.2) is 0 Å². The smallest absolute Gasteiger partial charge is 0.313 e. The summed E-state index contributed by atoms with van der Waals surface area (Å²) in [6.45, 7) is 6.37. The van der Waals surface area contributed by atoms with Gasteiger partial charge >= 0.3 is 5.97 Å². The molecular weight excluding hydrogens is 324 g/mol. The summed E-state index contributed by atoms with van der Waals surface area (Å²) in [7, 11) is 1.53. The van der Waals surface area contributed by atoms with Crippen LogP contribution in [0.5, 0.6) is 0 Å². The number of hydrogen-bond acceptors (Lipinski definition) is 4. The van der Waals surface area contributed by atoms with Crippen molar-refractivity contribution in [2.24, 2.45) is 11.3 Å². The second-order valence-electron chi connectivity index (χ2n) is 8.27. The normalized spacial score (nSPS) is 24.3. The van der Waals surface area contributed by atoms with Crippen molar-refractivity contribution in [2.45, 2.75) is 58.0 Å². The van der Waals surface area contributed by atoms with Gasteiger partial charge in [0.25, 0.3) is 0 Å². The summed E-state index contributed by atoms with van der Waals surface area (Å²) >= 11 is 0. The molecule has 1 heterocycles. The number of nitrogens with zero attached hydrogens (tertiary/aromatic N) is 1. The minimum Gasteiger partial charge on any atom is -0.469 e. The molecule has 0 amide bonds. The highest BCUT2D eigenvalue weighted by Gasteiger charge is 2.41. The van der Waals surface area contributed by atoms with Crippen LogP contribution in [0.4, 0.5) is 0 Å². The third kappa shape index (κ3) is 4.66. The van der Waals surface area contributed by atoms with Gasteiger partial charge in [-0.15, -0.1) is 0 Å². The topological polar surface area (TPSA) is 41.6 Å². The molecule has 1 saturated carbocycles. The van der Waals surface area contributed by atoms with Gasteiger partial charge in [-0.1, -0.05) is 49.6 Å². The van der Waals surface area contributed by atoms with Gasteiger partial charge in [0, 0.05) is 25.7 Å². The summed E-state index contributed by atoms with van der Waals surface area (Å²) in [5.74, 6) is 0.631. The lowest BCUT2D eigenvalue weighted by atomic mass is 9.73. The lowest BCUT2D eigenvalue weighted by molar-refractivity contribution is -0.154. The van der Waals surface area contributed by atoms with Crippen LogP contribution in [0.1, 0.15) is 51.0 Å². The van der Waals surface area contributed by atoms with Gasteiger partial charge in [0.15, 0.2) is 0 Å². The van der Waals surface area contributed by atoms with Gasteiger partial charge in [0.05, 0.1) is 12.5 Å². The molecule has 4 heteroatoms. The molecule has 1 aliphatic carbocycles. The van der Waals surface area contributed by atoms with E-state index in [1.54, 1.807) is 0 Å². The highest BCUT2D eigenvalue weighted by Crippen LogP contribution is 2.37. The number of ether oxygens (including phenoxy) is 1. The van der Waals surface area contributed by atoms with Crippen molar-refractivity contribution in [3.05, 3.63) is 35.9 Å². The van der Waals surface area contributed by atoms with Crippen LogP contribution in [0.3, 0.4) is 0 Å². The standard InChI is InChI=1S/C22H34N2O2/c1-18(23-17-22(21(25)26-2)12-7-4-8-13-22)20-11-14-24(16-20)15-19-9-5-3-6-10-19/h3,5-6,9-10,18,20,23H,4,7-8,11-17H2,1-2H3. The molecule has 4 nitrogen and oxygen atoms in total. The van der Waals surface area contributed by atoms with Crippen molar-refractivity contribution in [1.82, 2.24) is 10.2 Å². The van der Waals surface area contributed by atoms with E-state index in [1.807, 2.05) is 0 Å². The third-order valence-electron chi connectivity index (χ3n) is 6.46. The maximum Gasteiger partial charge on any atom is 0.313 e. The van der Waals surface area contributed by atoms with Crippen molar-refractivity contribution in [1.29, 1.82) is 0 Å². The molecule has 144 valence electrons. The van der Waals surface area contributed by atoms with E-state index in [9.17, 15) is 4.79 Å². The first-order chi connectivity index (χ1) is 12.6. The Morgan fingerprint density at radius 1 is 1.27 bits per heavy atom. The number of hydrogen-bond donors (Lipinski definition) is 1. The number of carbonyl (C=O) groups is 1. The highest BCUT2D eigenvalue weighted by atomic mass is 16.5. The quantitative estimate of drug-likeness (QED) is 0.756. The summed E-state index contributed by atoms with van der Waals surface area (Å²) in [6.07, 6.45) is 6.67. The molecule has 1 aromatic carbocycles. The maximum absolute atomic E-state index is 12.4. The Kier molecular flexibility index (Phi) is 6.71. The van der Waals surface area contributed by atoms with E-state index in [0.29, 0.717) is 12.0 Å². The predicted octanol–water partition coefficient (Wildman–Crippen LogP) is 3.61. The lowest BCUT2D eigenvalue weighted by Crippen LogP contribution is -2.47. The van der Waals surface area contributed by atoms with Crippen molar-refractivity contribution >= 4 is 5.97 Å². The summed E-state index contributed by atoms with van der Waals surface area (Å²) in [4.78, 5) is 15.0. The summed E-state index contributed by atoms with van der Waals surface area (Å²) in [5, 5.41) is 3.71. The van der Waals surface area contributed by atoms with Crippen LogP contribution in [-0.4, -0.2) is 43.7 Å². The molecule has 1 aliphatic heterocycles. The molecule has 2 fully saturated rings. The fourth-order valence-corrected chi connectivity index (χ4v) is 4.68. The SMILES string of the molecule is COC(=O)C1(CNC(C)C2CCN(Cc3ccccc3)C2)CCCCC1. The van der Waals surface area contributed by atoms with E-state index in [4.69, 9.17) is 4.74 Å². The number of esters is 1. The van der Waals surface area contributed by atoms with Crippen LogP contribution in [-0.2, 0) is 16.1 Å². The molecule has 2 atom stereocenters. The molecule has 26 heavy (non-hydrogen) atoms. The largest absolute Gasteiger partial charge is 0.469 e. The second kappa shape index (κ2) is 9.01. The maximum atomic E-state index is 12.4. The summed E-state index contributed by atoms with van der Waals surface area (Å²) in [6, 6.07) is 11.1. The van der Waals surface area contributed by atoms with Crippen LogP contribution < -0.4 is 5.32 Å². The number of rotatable bonds is 7. The third-order valence-corrected chi connectivity index (χ3v) is 6.46. The molecule has 1 saturated heterocycles. The predicted molar refractivity (Wildman–Crippen MR) is 105 cm³/mol. The Morgan fingerprint density at radius 3 is 2.69 bits per heavy atom. The van der Waals surface area contributed by atoms with Gasteiger partial charge in [-0.2, -0.15) is 0 Å². The average Bonchev–Trinajstić information content (AvgIpc) is 3.15. The highest BCUT2D eigenvalue weighted by molar-refractivity contribution is 5.77. The molecule has 1 aromatic rings. The fourth-order valence-electron chi connectivity index (χ4n) is 4.68. The van der Waals surface area contributed by atoms with E-state index in [2.05, 4.69) is 47.5 Å².